The van der Waals surface area contributed by atoms with E-state index in [1.54, 1.807) is 0 Å². The van der Waals surface area contributed by atoms with Crippen LogP contribution in [-0.2, 0) is 4.79 Å². The van der Waals surface area contributed by atoms with E-state index in [0.717, 1.165) is 17.4 Å². The van der Waals surface area contributed by atoms with Gasteiger partial charge in [0.2, 0.25) is 0 Å². The van der Waals surface area contributed by atoms with Crippen molar-refractivity contribution < 1.29 is 4.79 Å². The summed E-state index contributed by atoms with van der Waals surface area (Å²) in [6.45, 7) is 0. The number of aldehydes is 1. The van der Waals surface area contributed by atoms with Crippen LogP contribution in [0.3, 0.4) is 0 Å². The Kier molecular flexibility index (Phi) is 2.32. The predicted molar refractivity (Wildman–Crippen MR) is 72.5 cm³/mol. The Morgan fingerprint density at radius 2 is 1.75 bits per heavy atom. The van der Waals surface area contributed by atoms with Gasteiger partial charge < -0.3 is 4.79 Å². The van der Waals surface area contributed by atoms with Gasteiger partial charge in [-0.3, -0.25) is 0 Å². The van der Waals surface area contributed by atoms with Gasteiger partial charge in [-0.1, -0.05) is 36.4 Å². The van der Waals surface area contributed by atoms with E-state index in [0.29, 0.717) is 0 Å². The summed E-state index contributed by atoms with van der Waals surface area (Å²) >= 11 is 2.33. The van der Waals surface area contributed by atoms with Crippen LogP contribution in [0.25, 0.3) is 11.1 Å². The highest BCUT2D eigenvalue weighted by molar-refractivity contribution is 14.1. The van der Waals surface area contributed by atoms with Crippen LogP contribution in [0.15, 0.2) is 42.5 Å². The van der Waals surface area contributed by atoms with Crippen molar-refractivity contribution in [2.45, 2.75) is 5.92 Å². The normalized spacial score (nSPS) is 16.7. The lowest BCUT2D eigenvalue weighted by atomic mass is 9.99. The van der Waals surface area contributed by atoms with Crippen LogP contribution in [0.4, 0.5) is 0 Å². The van der Waals surface area contributed by atoms with Crippen LogP contribution in [-0.4, -0.2) is 6.29 Å². The van der Waals surface area contributed by atoms with E-state index in [-0.39, 0.29) is 5.92 Å². The minimum absolute atomic E-state index is 0.0825. The molecule has 0 spiro atoms. The van der Waals surface area contributed by atoms with Crippen molar-refractivity contribution in [3.8, 4) is 11.1 Å². The molecule has 0 N–H and O–H groups in total. The van der Waals surface area contributed by atoms with Gasteiger partial charge >= 0.3 is 0 Å². The molecule has 78 valence electrons. The first kappa shape index (κ1) is 10.0. The molecule has 1 aliphatic rings. The summed E-state index contributed by atoms with van der Waals surface area (Å²) in [7, 11) is 0. The van der Waals surface area contributed by atoms with E-state index in [1.165, 1.54) is 14.7 Å². The van der Waals surface area contributed by atoms with Gasteiger partial charge in [-0.25, -0.2) is 0 Å². The Morgan fingerprint density at radius 3 is 2.56 bits per heavy atom. The van der Waals surface area contributed by atoms with Crippen molar-refractivity contribution >= 4 is 28.9 Å². The first-order chi connectivity index (χ1) is 7.83. The van der Waals surface area contributed by atoms with Crippen LogP contribution in [0.1, 0.15) is 17.0 Å². The van der Waals surface area contributed by atoms with Crippen LogP contribution >= 0.6 is 22.6 Å². The van der Waals surface area contributed by atoms with Crippen molar-refractivity contribution in [1.82, 2.24) is 0 Å². The third-order valence-corrected chi connectivity index (χ3v) is 3.98. The fourth-order valence-electron chi connectivity index (χ4n) is 2.39. The average molecular weight is 320 g/mol. The molecule has 1 atom stereocenters. The molecule has 0 saturated carbocycles. The van der Waals surface area contributed by atoms with E-state index in [2.05, 4.69) is 40.8 Å². The molecule has 0 fully saturated rings. The maximum absolute atomic E-state index is 11.2. The number of benzene rings is 2. The maximum atomic E-state index is 11.2. The second-order valence-electron chi connectivity index (χ2n) is 3.91. The van der Waals surface area contributed by atoms with Gasteiger partial charge in [-0.15, -0.1) is 0 Å². The largest absolute Gasteiger partial charge is 0.302 e. The second kappa shape index (κ2) is 3.70. The number of carbonyl (C=O) groups excluding carboxylic acids is 1. The first-order valence-corrected chi connectivity index (χ1v) is 6.24. The van der Waals surface area contributed by atoms with Gasteiger partial charge in [0.05, 0.1) is 5.92 Å². The van der Waals surface area contributed by atoms with Crippen molar-refractivity contribution in [1.29, 1.82) is 0 Å². The average Bonchev–Trinajstić information content (AvgIpc) is 2.64. The fraction of sp³-hybridized carbons (Fsp3) is 0.0714. The molecule has 0 amide bonds. The Morgan fingerprint density at radius 1 is 1.00 bits per heavy atom. The quantitative estimate of drug-likeness (QED) is 0.580. The lowest BCUT2D eigenvalue weighted by Crippen LogP contribution is -1.96. The van der Waals surface area contributed by atoms with Crippen LogP contribution in [0.5, 0.6) is 0 Å². The van der Waals surface area contributed by atoms with Gasteiger partial charge in [0, 0.05) is 3.57 Å². The highest BCUT2D eigenvalue weighted by Gasteiger charge is 2.28. The zero-order valence-electron chi connectivity index (χ0n) is 8.48. The second-order valence-corrected chi connectivity index (χ2v) is 5.07. The van der Waals surface area contributed by atoms with E-state index < -0.39 is 0 Å². The summed E-state index contributed by atoms with van der Waals surface area (Å²) in [4.78, 5) is 11.2. The molecule has 2 heteroatoms. The molecule has 0 saturated heterocycles. The topological polar surface area (TPSA) is 17.1 Å². The lowest BCUT2D eigenvalue weighted by molar-refractivity contribution is -0.108. The highest BCUT2D eigenvalue weighted by atomic mass is 127. The molecule has 0 heterocycles. The molecule has 1 nitrogen and oxygen atoms in total. The summed E-state index contributed by atoms with van der Waals surface area (Å²) in [6.07, 6.45) is 1.04. The van der Waals surface area contributed by atoms with Crippen LogP contribution < -0.4 is 0 Å². The van der Waals surface area contributed by atoms with Gasteiger partial charge in [-0.2, -0.15) is 0 Å². The predicted octanol–water partition coefficient (Wildman–Crippen LogP) is 3.60. The third kappa shape index (κ3) is 1.26. The molecule has 0 radical (unpaired) electrons. The number of rotatable bonds is 1. The highest BCUT2D eigenvalue weighted by Crippen LogP contribution is 2.45. The molecule has 3 rings (SSSR count). The molecule has 0 aromatic heterocycles. The Labute approximate surface area is 108 Å². The van der Waals surface area contributed by atoms with Crippen LogP contribution in [0.2, 0.25) is 0 Å². The molecule has 2 aromatic rings. The number of fused-ring (bicyclic) bond motifs is 3. The number of halogens is 1. The standard InChI is InChI=1S/C14H9IO/c15-13-7-3-6-11-12(8-16)9-4-1-2-5-10(9)14(11)13/h1-8,12H. The first-order valence-electron chi connectivity index (χ1n) is 5.16. The SMILES string of the molecule is O=CC1c2ccccc2-c2c(I)cccc21. The summed E-state index contributed by atoms with van der Waals surface area (Å²) < 4.78 is 1.21. The van der Waals surface area contributed by atoms with Gasteiger partial charge in [-0.05, 0) is 50.9 Å². The van der Waals surface area contributed by atoms with Gasteiger partial charge in [0.15, 0.2) is 0 Å². The summed E-state index contributed by atoms with van der Waals surface area (Å²) in [5.74, 6) is -0.0825. The Balaban J connectivity index is 2.39. The monoisotopic (exact) mass is 320 g/mol. The molecule has 2 aromatic carbocycles. The minimum Gasteiger partial charge on any atom is -0.302 e. The number of hydrogen-bond acceptors (Lipinski definition) is 1. The number of carbonyl (C=O) groups is 1. The molecule has 1 unspecified atom stereocenters. The number of hydrogen-bond donors (Lipinski definition) is 0. The van der Waals surface area contributed by atoms with E-state index in [1.807, 2.05) is 24.3 Å². The fourth-order valence-corrected chi connectivity index (χ4v) is 3.20. The van der Waals surface area contributed by atoms with Crippen molar-refractivity contribution in [2.75, 3.05) is 0 Å². The molecular formula is C14H9IO. The third-order valence-electron chi connectivity index (χ3n) is 3.08. The van der Waals surface area contributed by atoms with E-state index in [9.17, 15) is 4.79 Å². The lowest BCUT2D eigenvalue weighted by Gasteiger charge is -2.04. The van der Waals surface area contributed by atoms with E-state index in [4.69, 9.17) is 0 Å². The Bertz CT molecular complexity index is 575. The minimum atomic E-state index is -0.0825. The molecule has 0 aliphatic heterocycles. The Hall–Kier alpha value is -1.16. The van der Waals surface area contributed by atoms with E-state index >= 15 is 0 Å². The molecule has 1 aliphatic carbocycles. The molecule has 16 heavy (non-hydrogen) atoms. The summed E-state index contributed by atoms with van der Waals surface area (Å²) in [6, 6.07) is 14.3. The van der Waals surface area contributed by atoms with Gasteiger partial charge in [0.1, 0.15) is 6.29 Å². The smallest absolute Gasteiger partial charge is 0.131 e. The maximum Gasteiger partial charge on any atom is 0.131 e. The van der Waals surface area contributed by atoms with Gasteiger partial charge in [0.25, 0.3) is 0 Å². The molecular weight excluding hydrogens is 311 g/mol. The molecule has 0 bridgehead atoms. The summed E-state index contributed by atoms with van der Waals surface area (Å²) in [5, 5.41) is 0. The van der Waals surface area contributed by atoms with Crippen molar-refractivity contribution in [3.63, 3.8) is 0 Å². The summed E-state index contributed by atoms with van der Waals surface area (Å²) in [5.41, 5.74) is 4.72. The zero-order valence-corrected chi connectivity index (χ0v) is 10.6. The zero-order chi connectivity index (χ0) is 11.1. The van der Waals surface area contributed by atoms with Crippen LogP contribution in [0, 0.1) is 3.57 Å². The van der Waals surface area contributed by atoms with Crippen molar-refractivity contribution in [2.24, 2.45) is 0 Å². The van der Waals surface area contributed by atoms with Crippen molar-refractivity contribution in [3.05, 3.63) is 57.2 Å².